The second kappa shape index (κ2) is 12.6. The topological polar surface area (TPSA) is 112 Å². The number of rotatable bonds is 11. The number of halogens is 4. The Morgan fingerprint density at radius 3 is 2.59 bits per heavy atom. The van der Waals surface area contributed by atoms with E-state index in [0.29, 0.717) is 0 Å². The molecule has 0 saturated heterocycles. The lowest BCUT2D eigenvalue weighted by Gasteiger charge is -2.17. The highest BCUT2D eigenvalue weighted by atomic mass is 127. The maximum absolute atomic E-state index is 14.9. The predicted molar refractivity (Wildman–Crippen MR) is 119 cm³/mol. The van der Waals surface area contributed by atoms with E-state index in [1.54, 1.807) is 4.08 Å². The van der Waals surface area contributed by atoms with Crippen molar-refractivity contribution in [2.45, 2.75) is 6.54 Å². The summed E-state index contributed by atoms with van der Waals surface area (Å²) in [7, 11) is 3.05. The molecule has 0 bridgehead atoms. The molecule has 1 aromatic carbocycles. The molecule has 1 aromatic rings. The molecule has 4 N–H and O–H groups in total. The molecule has 0 fully saturated rings. The Morgan fingerprint density at radius 1 is 1.19 bits per heavy atom. The van der Waals surface area contributed by atoms with Gasteiger partial charge >= 0.3 is 0 Å². The van der Waals surface area contributed by atoms with Gasteiger partial charge in [-0.25, -0.2) is 18.7 Å². The second-order valence-electron chi connectivity index (χ2n) is 6.40. The van der Waals surface area contributed by atoms with E-state index in [1.807, 2.05) is 5.48 Å². The van der Waals surface area contributed by atoms with Crippen LogP contribution in [0.15, 0.2) is 27.7 Å². The van der Waals surface area contributed by atoms with Crippen LogP contribution < -0.4 is 16.3 Å². The minimum absolute atomic E-state index is 0.129. The van der Waals surface area contributed by atoms with Gasteiger partial charge in [-0.05, 0) is 16.2 Å². The van der Waals surface area contributed by atoms with Gasteiger partial charge in [0.05, 0.1) is 30.2 Å². The molecule has 13 heteroatoms. The van der Waals surface area contributed by atoms with Gasteiger partial charge in [0.15, 0.2) is 17.5 Å². The number of aliphatic hydroxyl groups excluding tert-OH is 1. The van der Waals surface area contributed by atoms with E-state index in [2.05, 4.69) is 10.8 Å². The lowest BCUT2D eigenvalue weighted by atomic mass is 10.1. The quantitative estimate of drug-likeness (QED) is 0.182. The fourth-order valence-electron chi connectivity index (χ4n) is 2.26. The Hall–Kier alpha value is -2.33. The van der Waals surface area contributed by atoms with Gasteiger partial charge in [-0.3, -0.25) is 19.3 Å². The summed E-state index contributed by atoms with van der Waals surface area (Å²) in [6.07, 6.45) is 1.38. The van der Waals surface area contributed by atoms with E-state index in [4.69, 9.17) is 14.8 Å². The van der Waals surface area contributed by atoms with Crippen molar-refractivity contribution in [3.8, 4) is 0 Å². The third-order valence-electron chi connectivity index (χ3n) is 3.92. The fraction of sp³-hybridized carbons (Fsp3) is 0.316. The normalized spacial score (nSPS) is 13.1. The molecule has 176 valence electrons. The van der Waals surface area contributed by atoms with E-state index >= 15 is 0 Å². The van der Waals surface area contributed by atoms with Crippen LogP contribution >= 0.6 is 20.7 Å². The van der Waals surface area contributed by atoms with Crippen molar-refractivity contribution in [2.75, 3.05) is 39.2 Å². The summed E-state index contributed by atoms with van der Waals surface area (Å²) in [5.74, 6) is -4.68. The largest absolute Gasteiger partial charge is 0.394 e. The van der Waals surface area contributed by atoms with Gasteiger partial charge in [0.1, 0.15) is 6.61 Å². The SMILES string of the molecule is CN(C)C(=O)CONCc1cc(C(=O)NOCCO)c(NC2=C(F)C=IC=C2)c(F)c1F. The molecule has 32 heavy (non-hydrogen) atoms. The molecular weight excluding hydrogens is 548 g/mol. The summed E-state index contributed by atoms with van der Waals surface area (Å²) in [5, 5.41) is 11.2. The molecule has 0 unspecified atom stereocenters. The molecule has 2 amide bonds. The molecule has 1 aliphatic heterocycles. The molecule has 0 atom stereocenters. The molecule has 0 aromatic heterocycles. The zero-order valence-corrected chi connectivity index (χ0v) is 19.3. The highest BCUT2D eigenvalue weighted by molar-refractivity contribution is 14.2. The third kappa shape index (κ3) is 7.09. The molecule has 1 heterocycles. The Kier molecular flexibility index (Phi) is 10.2. The first-order chi connectivity index (χ1) is 15.3. The number of carbonyl (C=O) groups is 2. The number of benzene rings is 1. The van der Waals surface area contributed by atoms with Gasteiger partial charge < -0.3 is 15.3 Å². The predicted octanol–water partition coefficient (Wildman–Crippen LogP) is 1.62. The van der Waals surface area contributed by atoms with E-state index in [1.165, 1.54) is 29.1 Å². The highest BCUT2D eigenvalue weighted by Crippen LogP contribution is 2.29. The molecule has 0 radical (unpaired) electrons. The summed E-state index contributed by atoms with van der Waals surface area (Å²) in [5.41, 5.74) is 2.94. The van der Waals surface area contributed by atoms with Gasteiger partial charge in [-0.15, -0.1) is 0 Å². The molecule has 0 spiro atoms. The second-order valence-corrected chi connectivity index (χ2v) is 8.46. The van der Waals surface area contributed by atoms with E-state index < -0.39 is 49.8 Å². The van der Waals surface area contributed by atoms with Crippen LogP contribution in [-0.2, 0) is 21.0 Å². The molecule has 0 aliphatic carbocycles. The first kappa shape index (κ1) is 25.9. The minimum Gasteiger partial charge on any atom is -0.394 e. The number of nitrogens with zero attached hydrogens (tertiary/aromatic N) is 1. The number of anilines is 1. The van der Waals surface area contributed by atoms with Crippen LogP contribution in [0.3, 0.4) is 0 Å². The van der Waals surface area contributed by atoms with Crippen molar-refractivity contribution >= 4 is 42.2 Å². The van der Waals surface area contributed by atoms with Crippen molar-refractivity contribution in [3.63, 3.8) is 0 Å². The summed E-state index contributed by atoms with van der Waals surface area (Å²) in [6, 6.07) is 1.03. The van der Waals surface area contributed by atoms with Crippen molar-refractivity contribution < 1.29 is 37.5 Å². The molecular formula is C19H22F3IN4O5. The number of amides is 2. The number of hydroxylamine groups is 2. The van der Waals surface area contributed by atoms with Crippen LogP contribution in [0.2, 0.25) is 0 Å². The zero-order chi connectivity index (χ0) is 23.7. The number of aliphatic hydroxyl groups is 1. The minimum atomic E-state index is -1.42. The number of likely N-dealkylation sites (N-methyl/N-ethyl adjacent to an activating group) is 1. The van der Waals surface area contributed by atoms with Gasteiger partial charge in [-0.1, -0.05) is 20.7 Å². The van der Waals surface area contributed by atoms with Crippen molar-refractivity contribution in [1.82, 2.24) is 15.9 Å². The summed E-state index contributed by atoms with van der Waals surface area (Å²) < 4.78 is 46.7. The smallest absolute Gasteiger partial charge is 0.277 e. The zero-order valence-electron chi connectivity index (χ0n) is 17.2. The van der Waals surface area contributed by atoms with Gasteiger partial charge in [0.2, 0.25) is 5.91 Å². The molecule has 0 saturated carbocycles. The van der Waals surface area contributed by atoms with Crippen LogP contribution in [0, 0.1) is 11.6 Å². The Bertz CT molecular complexity index is 953. The van der Waals surface area contributed by atoms with E-state index in [-0.39, 0.29) is 49.1 Å². The highest BCUT2D eigenvalue weighted by Gasteiger charge is 2.24. The average Bonchev–Trinajstić information content (AvgIpc) is 2.76. The van der Waals surface area contributed by atoms with E-state index in [9.17, 15) is 22.8 Å². The standard InChI is InChI=1S/C19H22F3IN4O5/c1-27(2)15(29)10-32-24-9-11-7-12(19(30)26-31-6-5-28)18(17(22)16(11)21)25-14-3-4-23-8-13(14)20/h3-4,7-8,24-25,28H,5-6,9-10H2,1-2H3,(H,26,30). The van der Waals surface area contributed by atoms with Gasteiger partial charge in [0.25, 0.3) is 5.91 Å². The number of hydrogen-bond acceptors (Lipinski definition) is 7. The number of nitrogens with one attached hydrogen (secondary N) is 3. The Labute approximate surface area is 191 Å². The molecule has 2 rings (SSSR count). The van der Waals surface area contributed by atoms with Gasteiger partial charge in [0, 0.05) is 30.2 Å². The Balaban J connectivity index is 2.30. The summed E-state index contributed by atoms with van der Waals surface area (Å²) in [6.45, 7) is -1.35. The van der Waals surface area contributed by atoms with Gasteiger partial charge in [-0.2, -0.15) is 5.48 Å². The number of carbonyl (C=O) groups excluding carboxylic acids is 2. The molecule has 9 nitrogen and oxygen atoms in total. The van der Waals surface area contributed by atoms with Crippen molar-refractivity contribution in [1.29, 1.82) is 0 Å². The van der Waals surface area contributed by atoms with Crippen LogP contribution in [-0.4, -0.2) is 59.7 Å². The summed E-state index contributed by atoms with van der Waals surface area (Å²) in [4.78, 5) is 35.0. The Morgan fingerprint density at radius 2 is 1.94 bits per heavy atom. The first-order valence-electron chi connectivity index (χ1n) is 9.13. The van der Waals surface area contributed by atoms with Crippen LogP contribution in [0.4, 0.5) is 18.9 Å². The monoisotopic (exact) mass is 570 g/mol. The van der Waals surface area contributed by atoms with E-state index in [0.717, 1.165) is 6.07 Å². The van der Waals surface area contributed by atoms with Crippen molar-refractivity contribution in [3.05, 3.63) is 50.5 Å². The van der Waals surface area contributed by atoms with Crippen LogP contribution in [0.1, 0.15) is 15.9 Å². The lowest BCUT2D eigenvalue weighted by Crippen LogP contribution is -2.30. The van der Waals surface area contributed by atoms with Crippen LogP contribution in [0.25, 0.3) is 0 Å². The first-order valence-corrected chi connectivity index (χ1v) is 11.6. The average molecular weight is 570 g/mol. The van der Waals surface area contributed by atoms with Crippen LogP contribution in [0.5, 0.6) is 0 Å². The third-order valence-corrected chi connectivity index (χ3v) is 5.60. The number of allylic oxidation sites excluding steroid dienone is 2. The maximum atomic E-state index is 14.9. The fourth-order valence-corrected chi connectivity index (χ4v) is 3.69. The number of hydrogen-bond donors (Lipinski definition) is 4. The summed E-state index contributed by atoms with van der Waals surface area (Å²) >= 11 is -0.616. The lowest BCUT2D eigenvalue weighted by molar-refractivity contribution is -0.136. The molecule has 1 aliphatic rings. The maximum Gasteiger partial charge on any atom is 0.277 e. The van der Waals surface area contributed by atoms with Crippen molar-refractivity contribution in [2.24, 2.45) is 0 Å².